The predicted octanol–water partition coefficient (Wildman–Crippen LogP) is 2.57. The Balaban J connectivity index is 0.00000280. The summed E-state index contributed by atoms with van der Waals surface area (Å²) >= 11 is 0. The number of halogens is 3. The number of para-hydroxylation sites is 1. The Hall–Kier alpha value is -1.93. The van der Waals surface area contributed by atoms with Crippen LogP contribution in [0.5, 0.6) is 5.75 Å². The molecule has 1 aromatic carbocycles. The number of hydrogen-bond donors (Lipinski definition) is 2. The monoisotopic (exact) mass is 417 g/mol. The maximum atomic E-state index is 12.9. The number of benzene rings is 1. The van der Waals surface area contributed by atoms with E-state index in [9.17, 15) is 18.4 Å². The lowest BCUT2D eigenvalue weighted by molar-refractivity contribution is -0.126. The molecule has 0 radical (unpaired) electrons. The molecule has 0 aromatic heterocycles. The van der Waals surface area contributed by atoms with E-state index in [-0.39, 0.29) is 41.7 Å². The number of rotatable bonds is 5. The van der Waals surface area contributed by atoms with E-state index in [0.29, 0.717) is 19.4 Å². The zero-order valence-corrected chi connectivity index (χ0v) is 16.5. The molecule has 6 nitrogen and oxygen atoms in total. The highest BCUT2D eigenvalue weighted by atomic mass is 35.5. The van der Waals surface area contributed by atoms with Crippen LogP contribution in [0.25, 0.3) is 0 Å². The van der Waals surface area contributed by atoms with Crippen molar-refractivity contribution in [2.75, 3.05) is 13.1 Å². The number of nitrogens with one attached hydrogen (secondary N) is 2. The van der Waals surface area contributed by atoms with E-state index < -0.39 is 18.6 Å². The summed E-state index contributed by atoms with van der Waals surface area (Å²) in [6.07, 6.45) is 3.14. The Bertz CT molecular complexity index is 692. The molecule has 0 aliphatic carbocycles. The van der Waals surface area contributed by atoms with Gasteiger partial charge in [0, 0.05) is 18.6 Å². The molecule has 1 aromatic rings. The van der Waals surface area contributed by atoms with Crippen molar-refractivity contribution in [3.63, 3.8) is 0 Å². The minimum Gasteiger partial charge on any atom is -0.434 e. The summed E-state index contributed by atoms with van der Waals surface area (Å²) in [5.74, 6) is -0.818. The summed E-state index contributed by atoms with van der Waals surface area (Å²) in [5.41, 5.74) is 0.0465. The number of carbonyl (C=O) groups excluding carboxylic acids is 2. The zero-order chi connectivity index (χ0) is 19.4. The molecular formula is C19H26ClF2N3O3. The van der Waals surface area contributed by atoms with Crippen LogP contribution in [-0.4, -0.2) is 54.5 Å². The van der Waals surface area contributed by atoms with Crippen molar-refractivity contribution in [1.29, 1.82) is 0 Å². The Morgan fingerprint density at radius 1 is 1.25 bits per heavy atom. The molecule has 2 heterocycles. The van der Waals surface area contributed by atoms with E-state index in [4.69, 9.17) is 0 Å². The molecule has 2 aliphatic rings. The van der Waals surface area contributed by atoms with Gasteiger partial charge in [-0.15, -0.1) is 12.4 Å². The first-order valence-corrected chi connectivity index (χ1v) is 9.36. The Morgan fingerprint density at radius 2 is 2.00 bits per heavy atom. The van der Waals surface area contributed by atoms with Gasteiger partial charge in [-0.2, -0.15) is 8.78 Å². The molecule has 0 bridgehead atoms. The number of likely N-dealkylation sites (tertiary alicyclic amines) is 1. The number of nitrogens with zero attached hydrogens (tertiary/aromatic N) is 1. The van der Waals surface area contributed by atoms with Crippen LogP contribution >= 0.6 is 12.4 Å². The number of ether oxygens (including phenoxy) is 1. The average Bonchev–Trinajstić information content (AvgIpc) is 3.13. The van der Waals surface area contributed by atoms with Gasteiger partial charge >= 0.3 is 6.61 Å². The third-order valence-corrected chi connectivity index (χ3v) is 5.24. The molecule has 2 saturated heterocycles. The van der Waals surface area contributed by atoms with Crippen molar-refractivity contribution >= 4 is 24.2 Å². The van der Waals surface area contributed by atoms with Gasteiger partial charge in [0.05, 0.1) is 5.56 Å². The Labute approximate surface area is 169 Å². The molecule has 2 aliphatic heterocycles. The summed E-state index contributed by atoms with van der Waals surface area (Å²) in [4.78, 5) is 27.2. The number of piperidine rings is 1. The van der Waals surface area contributed by atoms with Crippen molar-refractivity contribution in [3.05, 3.63) is 29.8 Å². The highest BCUT2D eigenvalue weighted by Crippen LogP contribution is 2.26. The first-order valence-electron chi connectivity index (χ1n) is 9.36. The van der Waals surface area contributed by atoms with Gasteiger partial charge in [-0.25, -0.2) is 0 Å². The summed E-state index contributed by atoms with van der Waals surface area (Å²) in [6.45, 7) is 0.359. The van der Waals surface area contributed by atoms with Gasteiger partial charge in [-0.05, 0) is 51.3 Å². The number of alkyl halides is 2. The quantitative estimate of drug-likeness (QED) is 0.772. The normalized spacial score (nSPS) is 24.6. The second-order valence-electron chi connectivity index (χ2n) is 7.03. The van der Waals surface area contributed by atoms with E-state index in [1.807, 2.05) is 6.92 Å². The van der Waals surface area contributed by atoms with E-state index in [1.54, 1.807) is 6.07 Å². The van der Waals surface area contributed by atoms with Gasteiger partial charge in [0.1, 0.15) is 11.8 Å². The number of hydrogen-bond acceptors (Lipinski definition) is 4. The Kier molecular flexibility index (Phi) is 8.00. The molecule has 0 saturated carbocycles. The minimum atomic E-state index is -3.02. The van der Waals surface area contributed by atoms with Crippen LogP contribution in [0.2, 0.25) is 0 Å². The number of carbonyl (C=O) groups is 2. The highest BCUT2D eigenvalue weighted by molar-refractivity contribution is 6.00. The van der Waals surface area contributed by atoms with E-state index in [1.165, 1.54) is 23.1 Å². The van der Waals surface area contributed by atoms with E-state index in [2.05, 4.69) is 15.4 Å². The number of amides is 2. The van der Waals surface area contributed by atoms with Crippen LogP contribution in [0, 0.1) is 0 Å². The van der Waals surface area contributed by atoms with Crippen molar-refractivity contribution in [3.8, 4) is 5.75 Å². The topological polar surface area (TPSA) is 70.7 Å². The highest BCUT2D eigenvalue weighted by Gasteiger charge is 2.37. The minimum absolute atomic E-state index is 0. The van der Waals surface area contributed by atoms with Crippen LogP contribution in [-0.2, 0) is 4.79 Å². The third kappa shape index (κ3) is 5.11. The second kappa shape index (κ2) is 10.0. The van der Waals surface area contributed by atoms with Crippen LogP contribution in [0.4, 0.5) is 8.78 Å². The lowest BCUT2D eigenvalue weighted by Crippen LogP contribution is -2.56. The van der Waals surface area contributed by atoms with E-state index in [0.717, 1.165) is 19.4 Å². The molecule has 3 rings (SSSR count). The van der Waals surface area contributed by atoms with Crippen LogP contribution in [0.3, 0.4) is 0 Å². The lowest BCUT2D eigenvalue weighted by Gasteiger charge is -2.33. The van der Waals surface area contributed by atoms with Crippen LogP contribution in [0.1, 0.15) is 43.0 Å². The molecule has 3 unspecified atom stereocenters. The molecule has 3 atom stereocenters. The molecule has 156 valence electrons. The predicted molar refractivity (Wildman–Crippen MR) is 103 cm³/mol. The largest absolute Gasteiger partial charge is 0.434 e. The zero-order valence-electron chi connectivity index (χ0n) is 15.7. The van der Waals surface area contributed by atoms with E-state index >= 15 is 0 Å². The summed E-state index contributed by atoms with van der Waals surface area (Å²) in [5, 5.41) is 6.38. The molecule has 2 fully saturated rings. The first-order chi connectivity index (χ1) is 13.0. The first kappa shape index (κ1) is 22.4. The molecule has 2 N–H and O–H groups in total. The maximum absolute atomic E-state index is 12.9. The SMILES string of the molecule is CC1NCCCC1NC(=O)C1CCCN1C(=O)c1ccccc1OC(F)F.Cl. The lowest BCUT2D eigenvalue weighted by atomic mass is 9.99. The Morgan fingerprint density at radius 3 is 2.71 bits per heavy atom. The van der Waals surface area contributed by atoms with Crippen molar-refractivity contribution in [2.45, 2.75) is 57.3 Å². The van der Waals surface area contributed by atoms with Crippen LogP contribution in [0.15, 0.2) is 24.3 Å². The van der Waals surface area contributed by atoms with Gasteiger partial charge in [0.2, 0.25) is 5.91 Å². The second-order valence-corrected chi connectivity index (χ2v) is 7.03. The van der Waals surface area contributed by atoms with Crippen molar-refractivity contribution < 1.29 is 23.1 Å². The van der Waals surface area contributed by atoms with Gasteiger partial charge < -0.3 is 20.3 Å². The smallest absolute Gasteiger partial charge is 0.387 e. The van der Waals surface area contributed by atoms with Gasteiger partial charge in [0.25, 0.3) is 5.91 Å². The third-order valence-electron chi connectivity index (χ3n) is 5.24. The maximum Gasteiger partial charge on any atom is 0.387 e. The van der Waals surface area contributed by atoms with Crippen LogP contribution < -0.4 is 15.4 Å². The fraction of sp³-hybridized carbons (Fsp3) is 0.579. The standard InChI is InChI=1S/C19H25F2N3O3.ClH/c1-12-14(7-4-10-22-12)23-17(25)15-8-5-11-24(15)18(26)13-6-2-3-9-16(13)27-19(20)21;/h2-3,6,9,12,14-15,19,22H,4-5,7-8,10-11H2,1H3,(H,23,25);1H. The van der Waals surface area contributed by atoms with Gasteiger partial charge in [-0.3, -0.25) is 9.59 Å². The molecule has 9 heteroatoms. The fourth-order valence-electron chi connectivity index (χ4n) is 3.80. The average molecular weight is 418 g/mol. The summed E-state index contributed by atoms with van der Waals surface area (Å²) < 4.78 is 29.7. The molecule has 0 spiro atoms. The van der Waals surface area contributed by atoms with Gasteiger partial charge in [0.15, 0.2) is 0 Å². The summed E-state index contributed by atoms with van der Waals surface area (Å²) in [7, 11) is 0. The molecule has 28 heavy (non-hydrogen) atoms. The summed E-state index contributed by atoms with van der Waals surface area (Å²) in [6, 6.07) is 5.50. The van der Waals surface area contributed by atoms with Crippen molar-refractivity contribution in [2.24, 2.45) is 0 Å². The molecular weight excluding hydrogens is 392 g/mol. The fourth-order valence-corrected chi connectivity index (χ4v) is 3.80. The van der Waals surface area contributed by atoms with Crippen molar-refractivity contribution in [1.82, 2.24) is 15.5 Å². The molecule has 2 amide bonds. The van der Waals surface area contributed by atoms with Gasteiger partial charge in [-0.1, -0.05) is 12.1 Å².